The van der Waals surface area contributed by atoms with Crippen LogP contribution in [0.5, 0.6) is 5.75 Å². The molecule has 1 aromatic rings. The Bertz CT molecular complexity index is 532. The van der Waals surface area contributed by atoms with E-state index in [2.05, 4.69) is 26.5 Å². The van der Waals surface area contributed by atoms with Crippen LogP contribution >= 0.6 is 12.6 Å². The van der Waals surface area contributed by atoms with E-state index in [1.54, 1.807) is 24.3 Å². The molecule has 1 rings (SSSR count). The summed E-state index contributed by atoms with van der Waals surface area (Å²) < 4.78 is 29.0. The Morgan fingerprint density at radius 2 is 1.81 bits per heavy atom. The largest absolute Gasteiger partial charge is 0.493 e. The minimum Gasteiger partial charge on any atom is -0.493 e. The van der Waals surface area contributed by atoms with Crippen LogP contribution in [0.15, 0.2) is 29.2 Å². The lowest BCUT2D eigenvalue weighted by Crippen LogP contribution is -2.30. The van der Waals surface area contributed by atoms with Crippen molar-refractivity contribution in [3.8, 4) is 5.75 Å². The van der Waals surface area contributed by atoms with E-state index in [4.69, 9.17) is 4.74 Å². The van der Waals surface area contributed by atoms with Crippen molar-refractivity contribution in [3.63, 3.8) is 0 Å². The minimum absolute atomic E-state index is 0.0632. The van der Waals surface area contributed by atoms with Gasteiger partial charge < -0.3 is 4.74 Å². The number of hydrogen-bond donors (Lipinski definition) is 1. The molecule has 0 aliphatic rings. The van der Waals surface area contributed by atoms with Crippen molar-refractivity contribution in [2.45, 2.75) is 44.4 Å². The van der Waals surface area contributed by atoms with Crippen LogP contribution < -0.4 is 4.74 Å². The van der Waals surface area contributed by atoms with Crippen LogP contribution in [0.2, 0.25) is 0 Å². The topological polar surface area (TPSA) is 43.4 Å². The number of rotatable bonds is 9. The van der Waals surface area contributed by atoms with Gasteiger partial charge in [0.1, 0.15) is 5.75 Å². The van der Waals surface area contributed by atoms with Crippen molar-refractivity contribution >= 4 is 22.5 Å². The Morgan fingerprint density at radius 1 is 1.19 bits per heavy atom. The molecule has 0 saturated carbocycles. The van der Waals surface area contributed by atoms with Gasteiger partial charge in [0, 0.05) is 11.7 Å². The molecule has 0 radical (unpaired) electrons. The van der Waals surface area contributed by atoms with Crippen LogP contribution in [-0.2, 0) is 9.84 Å². The normalized spacial score (nSPS) is 12.4. The summed E-state index contributed by atoms with van der Waals surface area (Å²) in [6.45, 7) is 4.90. The zero-order valence-electron chi connectivity index (χ0n) is 13.1. The molecule has 5 heteroatoms. The third kappa shape index (κ3) is 5.55. The summed E-state index contributed by atoms with van der Waals surface area (Å²) in [5.41, 5.74) is 0.0632. The summed E-state index contributed by atoms with van der Waals surface area (Å²) >= 11 is 4.51. The fourth-order valence-corrected chi connectivity index (χ4v) is 3.63. The molecule has 3 nitrogen and oxygen atoms in total. The van der Waals surface area contributed by atoms with Gasteiger partial charge in [0.15, 0.2) is 9.84 Å². The smallest absolute Gasteiger partial charge is 0.175 e. The molecule has 0 spiro atoms. The SMILES string of the molecule is CCCC(CS)(CCC)COc1cccc(S(C)(=O)=O)c1. The number of thiol groups is 1. The molecule has 0 atom stereocenters. The van der Waals surface area contributed by atoms with Crippen molar-refractivity contribution in [1.82, 2.24) is 0 Å². The molecule has 0 saturated heterocycles. The van der Waals surface area contributed by atoms with E-state index < -0.39 is 9.84 Å². The Hall–Kier alpha value is -0.680. The maximum absolute atomic E-state index is 11.6. The molecule has 0 heterocycles. The van der Waals surface area contributed by atoms with Crippen LogP contribution in [0.25, 0.3) is 0 Å². The summed E-state index contributed by atoms with van der Waals surface area (Å²) in [6, 6.07) is 6.70. The second-order valence-electron chi connectivity index (χ2n) is 5.69. The Kier molecular flexibility index (Phi) is 7.07. The van der Waals surface area contributed by atoms with Gasteiger partial charge in [-0.05, 0) is 36.8 Å². The zero-order chi connectivity index (χ0) is 15.9. The van der Waals surface area contributed by atoms with Crippen molar-refractivity contribution in [1.29, 1.82) is 0 Å². The third-order valence-corrected chi connectivity index (χ3v) is 5.46. The Morgan fingerprint density at radius 3 is 2.29 bits per heavy atom. The molecule has 120 valence electrons. The van der Waals surface area contributed by atoms with Gasteiger partial charge >= 0.3 is 0 Å². The van der Waals surface area contributed by atoms with Crippen molar-refractivity contribution in [3.05, 3.63) is 24.3 Å². The highest BCUT2D eigenvalue weighted by Crippen LogP contribution is 2.32. The van der Waals surface area contributed by atoms with Crippen LogP contribution in [0.4, 0.5) is 0 Å². The predicted octanol–water partition coefficient (Wildman–Crippen LogP) is 3.99. The van der Waals surface area contributed by atoms with Gasteiger partial charge in [0.2, 0.25) is 0 Å². The summed E-state index contributed by atoms with van der Waals surface area (Å²) in [6.07, 6.45) is 5.52. The van der Waals surface area contributed by atoms with Gasteiger partial charge in [-0.2, -0.15) is 12.6 Å². The molecular weight excluding hydrogens is 304 g/mol. The fraction of sp³-hybridized carbons (Fsp3) is 0.625. The number of hydrogen-bond acceptors (Lipinski definition) is 4. The zero-order valence-corrected chi connectivity index (χ0v) is 14.8. The van der Waals surface area contributed by atoms with E-state index in [0.29, 0.717) is 17.3 Å². The summed E-state index contributed by atoms with van der Waals surface area (Å²) in [5.74, 6) is 1.39. The molecule has 0 aliphatic heterocycles. The van der Waals surface area contributed by atoms with Gasteiger partial charge in [-0.1, -0.05) is 32.8 Å². The molecule has 21 heavy (non-hydrogen) atoms. The highest BCUT2D eigenvalue weighted by Gasteiger charge is 2.28. The van der Waals surface area contributed by atoms with Crippen molar-refractivity contribution in [2.24, 2.45) is 5.41 Å². The first-order chi connectivity index (χ1) is 9.87. The fourth-order valence-electron chi connectivity index (χ4n) is 2.56. The first-order valence-corrected chi connectivity index (χ1v) is 9.93. The predicted molar refractivity (Wildman–Crippen MR) is 91.1 cm³/mol. The lowest BCUT2D eigenvalue weighted by atomic mass is 9.82. The molecule has 0 aromatic heterocycles. The van der Waals surface area contributed by atoms with Crippen molar-refractivity contribution < 1.29 is 13.2 Å². The van der Waals surface area contributed by atoms with E-state index in [9.17, 15) is 8.42 Å². The average molecular weight is 331 g/mol. The minimum atomic E-state index is -3.20. The molecule has 0 unspecified atom stereocenters. The molecule has 0 fully saturated rings. The molecule has 0 bridgehead atoms. The van der Waals surface area contributed by atoms with Crippen LogP contribution in [0.3, 0.4) is 0 Å². The Balaban J connectivity index is 2.85. The first kappa shape index (κ1) is 18.4. The highest BCUT2D eigenvalue weighted by molar-refractivity contribution is 7.90. The average Bonchev–Trinajstić information content (AvgIpc) is 2.45. The Labute approximate surface area is 134 Å². The summed E-state index contributed by atoms with van der Waals surface area (Å²) in [7, 11) is -3.20. The lowest BCUT2D eigenvalue weighted by molar-refractivity contribution is 0.143. The monoisotopic (exact) mass is 330 g/mol. The van der Waals surface area contributed by atoms with Crippen LogP contribution in [0.1, 0.15) is 39.5 Å². The molecule has 1 aromatic carbocycles. The van der Waals surface area contributed by atoms with Gasteiger partial charge in [-0.15, -0.1) is 0 Å². The van der Waals surface area contributed by atoms with Crippen LogP contribution in [-0.4, -0.2) is 27.0 Å². The second-order valence-corrected chi connectivity index (χ2v) is 8.03. The standard InChI is InChI=1S/C16H26O3S2/c1-4-9-16(13-20,10-5-2)12-19-14-7-6-8-15(11-14)21(3,17)18/h6-8,11,20H,4-5,9-10,12-13H2,1-3H3. The third-order valence-electron chi connectivity index (χ3n) is 3.67. The van der Waals surface area contributed by atoms with E-state index >= 15 is 0 Å². The summed E-state index contributed by atoms with van der Waals surface area (Å²) in [5, 5.41) is 0. The van der Waals surface area contributed by atoms with E-state index in [-0.39, 0.29) is 5.41 Å². The van der Waals surface area contributed by atoms with Gasteiger partial charge in [0.05, 0.1) is 11.5 Å². The van der Waals surface area contributed by atoms with E-state index in [0.717, 1.165) is 31.4 Å². The maximum Gasteiger partial charge on any atom is 0.175 e. The first-order valence-electron chi connectivity index (χ1n) is 7.40. The number of benzene rings is 1. The quantitative estimate of drug-likeness (QED) is 0.696. The molecule has 0 aliphatic carbocycles. The molecule has 0 amide bonds. The second kappa shape index (κ2) is 8.08. The van der Waals surface area contributed by atoms with Gasteiger partial charge in [-0.25, -0.2) is 8.42 Å². The number of sulfone groups is 1. The van der Waals surface area contributed by atoms with E-state index in [1.807, 2.05) is 0 Å². The highest BCUT2D eigenvalue weighted by atomic mass is 32.2. The number of ether oxygens (including phenoxy) is 1. The van der Waals surface area contributed by atoms with Crippen LogP contribution in [0, 0.1) is 5.41 Å². The molecular formula is C16H26O3S2. The molecule has 0 N–H and O–H groups in total. The maximum atomic E-state index is 11.6. The van der Waals surface area contributed by atoms with Gasteiger partial charge in [-0.3, -0.25) is 0 Å². The lowest BCUT2D eigenvalue weighted by Gasteiger charge is -2.31. The summed E-state index contributed by atoms with van der Waals surface area (Å²) in [4.78, 5) is 0.294. The van der Waals surface area contributed by atoms with E-state index in [1.165, 1.54) is 6.26 Å². The van der Waals surface area contributed by atoms with Gasteiger partial charge in [0.25, 0.3) is 0 Å². The van der Waals surface area contributed by atoms with Crippen molar-refractivity contribution in [2.75, 3.05) is 18.6 Å².